The van der Waals surface area contributed by atoms with Crippen LogP contribution < -0.4 is 0 Å². The Morgan fingerprint density at radius 2 is 1.36 bits per heavy atom. The molecule has 0 bridgehead atoms. The molecule has 2 aliphatic carbocycles. The Kier molecular flexibility index (Phi) is 3.63. The van der Waals surface area contributed by atoms with Crippen LogP contribution in [0.25, 0.3) is 0 Å². The van der Waals surface area contributed by atoms with Gasteiger partial charge in [-0.05, 0) is 37.8 Å². The van der Waals surface area contributed by atoms with Gasteiger partial charge in [0.2, 0.25) is 0 Å². The smallest absolute Gasteiger partial charge is 0.323 e. The van der Waals surface area contributed by atoms with E-state index in [1.807, 2.05) is 0 Å². The maximum atomic E-state index is 12.3. The predicted octanol–water partition coefficient (Wildman–Crippen LogP) is 2.02. The topological polar surface area (TPSA) is 61.8 Å². The number of hydrogen-bond donors (Lipinski definition) is 0. The van der Waals surface area contributed by atoms with Crippen molar-refractivity contribution in [2.45, 2.75) is 26.7 Å². The van der Waals surface area contributed by atoms with Gasteiger partial charge in [-0.2, -0.15) is 0 Å². The molecule has 2 unspecified atom stereocenters. The normalized spacial score (nSPS) is 29.3. The van der Waals surface area contributed by atoms with Crippen molar-refractivity contribution in [1.29, 1.82) is 0 Å². The van der Waals surface area contributed by atoms with Crippen molar-refractivity contribution in [3.63, 3.8) is 0 Å². The minimum absolute atomic E-state index is 0.366. The lowest BCUT2D eigenvalue weighted by atomic mass is 9.75. The lowest BCUT2D eigenvalue weighted by molar-refractivity contribution is -0.168. The van der Waals surface area contributed by atoms with E-state index in [-0.39, 0.29) is 0 Å². The second kappa shape index (κ2) is 5.23. The molecule has 3 aliphatic rings. The van der Waals surface area contributed by atoms with Crippen LogP contribution in [0.2, 0.25) is 0 Å². The number of carbonyl (C=O) groups is 2. The van der Waals surface area contributed by atoms with Gasteiger partial charge < -0.3 is 14.2 Å². The van der Waals surface area contributed by atoms with Crippen LogP contribution in [-0.4, -0.2) is 39.4 Å². The quantitative estimate of drug-likeness (QED) is 0.577. The maximum absolute atomic E-state index is 12.3. The molecular formula is C17H22O5. The van der Waals surface area contributed by atoms with E-state index in [4.69, 9.17) is 14.2 Å². The van der Waals surface area contributed by atoms with E-state index < -0.39 is 17.4 Å². The minimum atomic E-state index is -1.23. The lowest BCUT2D eigenvalue weighted by Crippen LogP contribution is -2.38. The van der Waals surface area contributed by atoms with Gasteiger partial charge in [-0.25, -0.2) is 0 Å². The Morgan fingerprint density at radius 1 is 0.955 bits per heavy atom. The molecule has 1 saturated heterocycles. The molecule has 120 valence electrons. The molecule has 1 aliphatic heterocycles. The van der Waals surface area contributed by atoms with Gasteiger partial charge in [0.1, 0.15) is 0 Å². The van der Waals surface area contributed by atoms with Gasteiger partial charge in [0.05, 0.1) is 27.4 Å². The molecule has 2 fully saturated rings. The molecule has 2 atom stereocenters. The standard InChI is InChI=1S/C17H22O5/c1-9-11-5-17(15(18)20-3,16(19)21-4)6-12(11)10(2)14-8-22-7-13(9)14/h13-14H,5-8H2,1-4H3. The first-order valence-electron chi connectivity index (χ1n) is 7.60. The van der Waals surface area contributed by atoms with Crippen molar-refractivity contribution in [3.8, 4) is 0 Å². The van der Waals surface area contributed by atoms with Gasteiger partial charge in [0, 0.05) is 11.8 Å². The van der Waals surface area contributed by atoms with Gasteiger partial charge >= 0.3 is 11.9 Å². The summed E-state index contributed by atoms with van der Waals surface area (Å²) in [6.07, 6.45) is 0.738. The van der Waals surface area contributed by atoms with Crippen LogP contribution in [0.1, 0.15) is 26.7 Å². The number of methoxy groups -OCH3 is 2. The third kappa shape index (κ3) is 1.88. The Hall–Kier alpha value is -1.62. The van der Waals surface area contributed by atoms with Crippen LogP contribution in [-0.2, 0) is 23.8 Å². The van der Waals surface area contributed by atoms with Crippen LogP contribution >= 0.6 is 0 Å². The van der Waals surface area contributed by atoms with Crippen LogP contribution in [0.5, 0.6) is 0 Å². The molecule has 0 aromatic heterocycles. The van der Waals surface area contributed by atoms with Gasteiger partial charge in [0.15, 0.2) is 5.41 Å². The lowest BCUT2D eigenvalue weighted by Gasteiger charge is -2.28. The number of allylic oxidation sites excluding steroid dienone is 2. The van der Waals surface area contributed by atoms with E-state index in [9.17, 15) is 9.59 Å². The first-order chi connectivity index (χ1) is 10.5. The van der Waals surface area contributed by atoms with Gasteiger partial charge in [-0.1, -0.05) is 11.1 Å². The summed E-state index contributed by atoms with van der Waals surface area (Å²) in [5.74, 6) is -0.277. The highest BCUT2D eigenvalue weighted by Crippen LogP contribution is 2.55. The fourth-order valence-electron chi connectivity index (χ4n) is 4.25. The van der Waals surface area contributed by atoms with Crippen molar-refractivity contribution >= 4 is 11.9 Å². The van der Waals surface area contributed by atoms with Crippen LogP contribution in [0.15, 0.2) is 22.3 Å². The summed E-state index contributed by atoms with van der Waals surface area (Å²) in [4.78, 5) is 24.7. The number of esters is 2. The third-order valence-electron chi connectivity index (χ3n) is 5.62. The van der Waals surface area contributed by atoms with Crippen LogP contribution in [0, 0.1) is 17.3 Å². The van der Waals surface area contributed by atoms with E-state index in [1.165, 1.54) is 25.4 Å². The summed E-state index contributed by atoms with van der Waals surface area (Å²) in [6.45, 7) is 5.62. The fraction of sp³-hybridized carbons (Fsp3) is 0.647. The summed E-state index contributed by atoms with van der Waals surface area (Å²) in [7, 11) is 2.64. The van der Waals surface area contributed by atoms with Crippen molar-refractivity contribution in [2.75, 3.05) is 27.4 Å². The fourth-order valence-corrected chi connectivity index (χ4v) is 4.25. The molecule has 0 amide bonds. The second-order valence-electron chi connectivity index (χ2n) is 6.49. The second-order valence-corrected chi connectivity index (χ2v) is 6.49. The molecular weight excluding hydrogens is 284 g/mol. The molecule has 1 saturated carbocycles. The third-order valence-corrected chi connectivity index (χ3v) is 5.62. The molecule has 5 heteroatoms. The zero-order chi connectivity index (χ0) is 16.1. The molecule has 1 heterocycles. The molecule has 0 radical (unpaired) electrons. The Bertz CT molecular complexity index is 546. The highest BCUT2D eigenvalue weighted by atomic mass is 16.5. The van der Waals surface area contributed by atoms with Gasteiger partial charge in [0.25, 0.3) is 0 Å². The number of hydrogen-bond acceptors (Lipinski definition) is 5. The number of carbonyl (C=O) groups excluding carboxylic acids is 2. The SMILES string of the molecule is COC(=O)C1(C(=O)OC)CC2=C(C)C3COCC3C(C)=C2C1. The average Bonchev–Trinajstić information content (AvgIpc) is 3.16. The summed E-state index contributed by atoms with van der Waals surface area (Å²) in [6, 6.07) is 0. The summed E-state index contributed by atoms with van der Waals surface area (Å²) >= 11 is 0. The molecule has 0 aromatic carbocycles. The molecule has 22 heavy (non-hydrogen) atoms. The Balaban J connectivity index is 2.10. The summed E-state index contributed by atoms with van der Waals surface area (Å²) < 4.78 is 15.5. The van der Waals surface area contributed by atoms with E-state index in [0.29, 0.717) is 37.9 Å². The monoisotopic (exact) mass is 306 g/mol. The number of fused-ring (bicyclic) bond motifs is 2. The molecule has 0 N–H and O–H groups in total. The van der Waals surface area contributed by atoms with E-state index in [2.05, 4.69) is 13.8 Å². The highest BCUT2D eigenvalue weighted by Gasteiger charge is 2.56. The molecule has 3 rings (SSSR count). The number of rotatable bonds is 2. The highest BCUT2D eigenvalue weighted by molar-refractivity contribution is 6.02. The zero-order valence-electron chi connectivity index (χ0n) is 13.5. The average molecular weight is 306 g/mol. The minimum Gasteiger partial charge on any atom is -0.468 e. The van der Waals surface area contributed by atoms with Crippen molar-refractivity contribution in [1.82, 2.24) is 0 Å². The first-order valence-corrected chi connectivity index (χ1v) is 7.60. The largest absolute Gasteiger partial charge is 0.468 e. The van der Waals surface area contributed by atoms with Crippen LogP contribution in [0.4, 0.5) is 0 Å². The molecule has 5 nitrogen and oxygen atoms in total. The molecule has 0 spiro atoms. The van der Waals surface area contributed by atoms with Crippen molar-refractivity contribution < 1.29 is 23.8 Å². The van der Waals surface area contributed by atoms with Gasteiger partial charge in [-0.15, -0.1) is 0 Å². The number of ether oxygens (including phenoxy) is 3. The van der Waals surface area contributed by atoms with Crippen molar-refractivity contribution in [2.24, 2.45) is 17.3 Å². The Morgan fingerprint density at radius 3 is 1.73 bits per heavy atom. The first kappa shape index (κ1) is 15.3. The van der Waals surface area contributed by atoms with Crippen LogP contribution in [0.3, 0.4) is 0 Å². The summed E-state index contributed by atoms with van der Waals surface area (Å²) in [5.41, 5.74) is 3.52. The van der Waals surface area contributed by atoms with Crippen molar-refractivity contribution in [3.05, 3.63) is 22.3 Å². The predicted molar refractivity (Wildman–Crippen MR) is 78.9 cm³/mol. The summed E-state index contributed by atoms with van der Waals surface area (Å²) in [5, 5.41) is 0. The van der Waals surface area contributed by atoms with E-state index in [0.717, 1.165) is 11.1 Å². The zero-order valence-corrected chi connectivity index (χ0v) is 13.5. The Labute approximate surface area is 130 Å². The van der Waals surface area contributed by atoms with E-state index >= 15 is 0 Å². The molecule has 0 aromatic rings. The van der Waals surface area contributed by atoms with Gasteiger partial charge in [-0.3, -0.25) is 9.59 Å². The van der Waals surface area contributed by atoms with E-state index in [1.54, 1.807) is 0 Å². The maximum Gasteiger partial charge on any atom is 0.323 e.